The third kappa shape index (κ3) is 6.01. The number of hydrogen-bond donors (Lipinski definition) is 2. The van der Waals surface area contributed by atoms with Crippen molar-refractivity contribution in [2.24, 2.45) is 0 Å². The lowest BCUT2D eigenvalue weighted by Gasteiger charge is -2.16. The molecule has 3 N–H and O–H groups in total. The summed E-state index contributed by atoms with van der Waals surface area (Å²) in [4.78, 5) is 30.6. The number of rotatable bonds is 6. The average molecular weight is 590 g/mol. The Labute approximate surface area is 239 Å². The lowest BCUT2D eigenvalue weighted by Crippen LogP contribution is -2.26. The van der Waals surface area contributed by atoms with Crippen LogP contribution < -0.4 is 16.6 Å². The summed E-state index contributed by atoms with van der Waals surface area (Å²) in [5.74, 6) is 6.03. The maximum absolute atomic E-state index is 13.7. The number of nitrogens with one attached hydrogen (secondary N) is 1. The van der Waals surface area contributed by atoms with E-state index in [1.54, 1.807) is 30.3 Å². The molecule has 0 fully saturated rings. The number of benzene rings is 2. The summed E-state index contributed by atoms with van der Waals surface area (Å²) in [6.45, 7) is 0.240. The van der Waals surface area contributed by atoms with Crippen molar-refractivity contribution >= 4 is 44.0 Å². The van der Waals surface area contributed by atoms with Crippen LogP contribution in [0.5, 0.6) is 0 Å². The number of nitrogens with two attached hydrogens (primary N) is 1. The Hall–Kier alpha value is -4.86. The monoisotopic (exact) mass is 589 g/mol. The molecule has 0 amide bonds. The first-order valence-corrected chi connectivity index (χ1v) is 14.4. The number of nitrogens with zero attached hydrogens (tertiary/aromatic N) is 5. The molecule has 0 aliphatic rings. The maximum atomic E-state index is 13.7. The number of anilines is 2. The van der Waals surface area contributed by atoms with E-state index in [0.717, 1.165) is 12.5 Å². The normalized spacial score (nSPS) is 11.2. The number of pyridine rings is 1. The minimum Gasteiger partial charge on any atom is -0.382 e. The highest BCUT2D eigenvalue weighted by atomic mass is 35.5. The molecule has 5 rings (SSSR count). The number of nitrogen functional groups attached to an aromatic ring is 1. The van der Waals surface area contributed by atoms with E-state index in [0.29, 0.717) is 34.1 Å². The lowest BCUT2D eigenvalue weighted by molar-refractivity contribution is 0.601. The fraction of sp³-hybridized carbons (Fsp3) is 0.107. The molecule has 3 aromatic heterocycles. The van der Waals surface area contributed by atoms with Gasteiger partial charge in [-0.15, -0.1) is 0 Å². The molecule has 0 bridgehead atoms. The van der Waals surface area contributed by atoms with Crippen LogP contribution in [0.15, 0.2) is 76.8 Å². The number of sulfone groups is 1. The number of aromatic nitrogens is 5. The maximum Gasteiger partial charge on any atom is 0.267 e. The summed E-state index contributed by atoms with van der Waals surface area (Å²) >= 11 is 6.35. The zero-order chi connectivity index (χ0) is 29.1. The van der Waals surface area contributed by atoms with Gasteiger partial charge in [-0.05, 0) is 48.4 Å². The van der Waals surface area contributed by atoms with E-state index in [1.165, 1.54) is 35.2 Å². The van der Waals surface area contributed by atoms with Crippen LogP contribution in [0.25, 0.3) is 16.6 Å². The predicted octanol–water partition coefficient (Wildman–Crippen LogP) is 3.40. The number of halogens is 2. The molecular weight excluding hydrogens is 569 g/mol. The van der Waals surface area contributed by atoms with Crippen molar-refractivity contribution in [3.05, 3.63) is 105 Å². The van der Waals surface area contributed by atoms with Gasteiger partial charge in [-0.25, -0.2) is 32.7 Å². The molecule has 41 heavy (non-hydrogen) atoms. The van der Waals surface area contributed by atoms with Gasteiger partial charge in [0.05, 0.1) is 32.7 Å². The van der Waals surface area contributed by atoms with Crippen molar-refractivity contribution in [1.29, 1.82) is 0 Å². The van der Waals surface area contributed by atoms with Crippen LogP contribution in [0.1, 0.15) is 17.1 Å². The number of hydrogen-bond acceptors (Lipinski definition) is 9. The van der Waals surface area contributed by atoms with Gasteiger partial charge in [-0.1, -0.05) is 29.7 Å². The Bertz CT molecular complexity index is 2020. The second kappa shape index (κ2) is 11.3. The molecule has 0 aliphatic carbocycles. The van der Waals surface area contributed by atoms with Gasteiger partial charge in [0.25, 0.3) is 5.56 Å². The Morgan fingerprint density at radius 1 is 1.07 bits per heavy atom. The molecule has 0 atom stereocenters. The predicted molar refractivity (Wildman–Crippen MR) is 154 cm³/mol. The molecule has 206 valence electrons. The van der Waals surface area contributed by atoms with E-state index in [-0.39, 0.29) is 34.1 Å². The van der Waals surface area contributed by atoms with E-state index in [9.17, 15) is 17.6 Å². The smallest absolute Gasteiger partial charge is 0.267 e. The minimum atomic E-state index is -3.54. The quantitative estimate of drug-likeness (QED) is 0.284. The Kier molecular flexibility index (Phi) is 7.65. The van der Waals surface area contributed by atoms with Gasteiger partial charge >= 0.3 is 0 Å². The molecule has 13 heteroatoms. The van der Waals surface area contributed by atoms with E-state index in [4.69, 9.17) is 17.3 Å². The minimum absolute atomic E-state index is 0.0561. The van der Waals surface area contributed by atoms with Crippen molar-refractivity contribution in [3.8, 4) is 17.5 Å². The van der Waals surface area contributed by atoms with Gasteiger partial charge in [-0.3, -0.25) is 9.36 Å². The van der Waals surface area contributed by atoms with Crippen LogP contribution >= 0.6 is 11.6 Å². The second-order valence-electron chi connectivity index (χ2n) is 8.84. The van der Waals surface area contributed by atoms with Gasteiger partial charge in [-0.2, -0.15) is 0 Å². The fourth-order valence-corrected chi connectivity index (χ4v) is 4.96. The summed E-state index contributed by atoms with van der Waals surface area (Å²) in [6, 6.07) is 13.7. The van der Waals surface area contributed by atoms with Gasteiger partial charge in [0, 0.05) is 19.2 Å². The van der Waals surface area contributed by atoms with Crippen LogP contribution in [0, 0.1) is 17.7 Å². The van der Waals surface area contributed by atoms with Crippen molar-refractivity contribution in [2.45, 2.75) is 11.3 Å². The van der Waals surface area contributed by atoms with E-state index in [2.05, 4.69) is 37.1 Å². The molecule has 3 heterocycles. The standard InChI is InChI=1S/C28H21ClFN7O3S/c1-41(39,40)20-5-2-4-19(14-20)37-24(36-23-7-3-6-22(29)25(23)28(37)38)12-13-32-27-21(26(31)34-16-35-27)11-10-18-9-8-17(30)15-33-18/h2-9,14-16H,12-13H2,1H3,(H3,31,32,34,35). The highest BCUT2D eigenvalue weighted by molar-refractivity contribution is 7.90. The number of fused-ring (bicyclic) bond motifs is 1. The largest absolute Gasteiger partial charge is 0.382 e. The summed E-state index contributed by atoms with van der Waals surface area (Å²) in [5, 5.41) is 3.59. The molecule has 0 saturated heterocycles. The van der Waals surface area contributed by atoms with Crippen molar-refractivity contribution in [2.75, 3.05) is 23.9 Å². The van der Waals surface area contributed by atoms with Crippen molar-refractivity contribution in [1.82, 2.24) is 24.5 Å². The van der Waals surface area contributed by atoms with Crippen LogP contribution in [0.4, 0.5) is 16.0 Å². The molecule has 0 aliphatic heterocycles. The van der Waals surface area contributed by atoms with Gasteiger partial charge in [0.15, 0.2) is 9.84 Å². The lowest BCUT2D eigenvalue weighted by atomic mass is 10.2. The molecule has 0 saturated carbocycles. The molecule has 0 radical (unpaired) electrons. The fourth-order valence-electron chi connectivity index (χ4n) is 4.05. The first-order chi connectivity index (χ1) is 19.6. The SMILES string of the molecule is CS(=O)(=O)c1cccc(-n2c(CCNc3ncnc(N)c3C#Cc3ccc(F)cn3)nc3cccc(Cl)c3c2=O)c1. The highest BCUT2D eigenvalue weighted by Crippen LogP contribution is 2.22. The Morgan fingerprint density at radius 3 is 2.63 bits per heavy atom. The van der Waals surface area contributed by atoms with Crippen molar-refractivity contribution in [3.63, 3.8) is 0 Å². The third-order valence-corrected chi connectivity index (χ3v) is 7.41. The molecule has 0 spiro atoms. The van der Waals surface area contributed by atoms with Crippen LogP contribution in [-0.2, 0) is 16.3 Å². The molecule has 2 aromatic carbocycles. The summed E-state index contributed by atoms with van der Waals surface area (Å²) in [6.07, 6.45) is 3.65. The van der Waals surface area contributed by atoms with Gasteiger partial charge < -0.3 is 11.1 Å². The summed E-state index contributed by atoms with van der Waals surface area (Å²) < 4.78 is 38.9. The second-order valence-corrected chi connectivity index (χ2v) is 11.3. The summed E-state index contributed by atoms with van der Waals surface area (Å²) in [7, 11) is -3.54. The Morgan fingerprint density at radius 2 is 1.88 bits per heavy atom. The average Bonchev–Trinajstić information content (AvgIpc) is 2.93. The van der Waals surface area contributed by atoms with Crippen LogP contribution in [-0.4, -0.2) is 45.7 Å². The molecular formula is C28H21ClFN7O3S. The Balaban J connectivity index is 1.51. The first kappa shape index (κ1) is 27.7. The summed E-state index contributed by atoms with van der Waals surface area (Å²) in [5.41, 5.74) is 6.98. The van der Waals surface area contributed by atoms with Crippen LogP contribution in [0.2, 0.25) is 5.02 Å². The molecule has 10 nitrogen and oxygen atoms in total. The zero-order valence-corrected chi connectivity index (χ0v) is 23.0. The van der Waals surface area contributed by atoms with Gasteiger partial charge in [0.2, 0.25) is 0 Å². The highest BCUT2D eigenvalue weighted by Gasteiger charge is 2.17. The third-order valence-electron chi connectivity index (χ3n) is 5.98. The van der Waals surface area contributed by atoms with E-state index in [1.807, 2.05) is 0 Å². The molecule has 5 aromatic rings. The van der Waals surface area contributed by atoms with Crippen molar-refractivity contribution < 1.29 is 12.8 Å². The topological polar surface area (TPSA) is 146 Å². The molecule has 0 unspecified atom stereocenters. The van der Waals surface area contributed by atoms with Gasteiger partial charge in [0.1, 0.15) is 40.9 Å². The van der Waals surface area contributed by atoms with E-state index < -0.39 is 21.2 Å². The zero-order valence-electron chi connectivity index (χ0n) is 21.5. The first-order valence-electron chi connectivity index (χ1n) is 12.1. The van der Waals surface area contributed by atoms with Crippen LogP contribution in [0.3, 0.4) is 0 Å². The van der Waals surface area contributed by atoms with E-state index >= 15 is 0 Å².